The number of halogens is 1. The van der Waals surface area contributed by atoms with Gasteiger partial charge in [-0.15, -0.1) is 0 Å². The van der Waals surface area contributed by atoms with E-state index in [1.807, 2.05) is 0 Å². The molecule has 1 heterocycles. The van der Waals surface area contributed by atoms with Crippen LogP contribution >= 0.6 is 0 Å². The van der Waals surface area contributed by atoms with Crippen molar-refractivity contribution < 1.29 is 9.50 Å². The summed E-state index contributed by atoms with van der Waals surface area (Å²) in [6, 6.07) is 2.67. The highest BCUT2D eigenvalue weighted by Gasteiger charge is 2.10. The Morgan fingerprint density at radius 1 is 1.50 bits per heavy atom. The van der Waals surface area contributed by atoms with Crippen LogP contribution in [0.3, 0.4) is 0 Å². The van der Waals surface area contributed by atoms with Crippen LogP contribution in [0, 0.1) is 5.82 Å². The first kappa shape index (κ1) is 10.8. The summed E-state index contributed by atoms with van der Waals surface area (Å²) in [5, 5.41) is 9.10. The van der Waals surface area contributed by atoms with Crippen LogP contribution in [0.15, 0.2) is 16.9 Å². The Morgan fingerprint density at radius 3 is 2.88 bits per heavy atom. The summed E-state index contributed by atoms with van der Waals surface area (Å²) in [5.41, 5.74) is 0.826. The molecular weight excluding hydrogens is 211 g/mol. The summed E-state index contributed by atoms with van der Waals surface area (Å²) in [7, 11) is 0. The van der Waals surface area contributed by atoms with Crippen molar-refractivity contribution in [2.45, 2.75) is 20.0 Å². The number of aromatic amines is 1. The number of aliphatic hydroxyl groups is 1. The molecule has 84 valence electrons. The molecule has 1 aromatic heterocycles. The Bertz CT molecular complexity index is 592. The number of aromatic nitrogens is 2. The lowest BCUT2D eigenvalue weighted by molar-refractivity contribution is 0.283. The number of aliphatic hydroxyl groups excluding tert-OH is 1. The molecule has 0 fully saturated rings. The van der Waals surface area contributed by atoms with Crippen molar-refractivity contribution in [2.75, 3.05) is 0 Å². The molecule has 0 aliphatic rings. The molecule has 0 unspecified atom stereocenters. The van der Waals surface area contributed by atoms with Crippen LogP contribution in [0.4, 0.5) is 4.39 Å². The Morgan fingerprint density at radius 2 is 2.25 bits per heavy atom. The highest BCUT2D eigenvalue weighted by Crippen LogP contribution is 2.17. The Labute approximate surface area is 90.8 Å². The molecule has 0 saturated heterocycles. The van der Waals surface area contributed by atoms with Gasteiger partial charge < -0.3 is 10.1 Å². The average Bonchev–Trinajstić information content (AvgIpc) is 2.30. The summed E-state index contributed by atoms with van der Waals surface area (Å²) in [6.45, 7) is 1.56. The number of nitrogens with one attached hydrogen (secondary N) is 1. The maximum Gasteiger partial charge on any atom is 0.270 e. The van der Waals surface area contributed by atoms with Gasteiger partial charge in [0, 0.05) is 5.56 Å². The highest BCUT2D eigenvalue weighted by molar-refractivity contribution is 5.78. The highest BCUT2D eigenvalue weighted by atomic mass is 19.1. The Balaban J connectivity index is 2.88. The number of nitrogens with zero attached hydrogens (tertiary/aromatic N) is 1. The van der Waals surface area contributed by atoms with Crippen molar-refractivity contribution in [1.82, 2.24) is 9.97 Å². The van der Waals surface area contributed by atoms with E-state index in [1.165, 1.54) is 12.1 Å². The maximum absolute atomic E-state index is 13.4. The molecule has 0 amide bonds. The predicted molar refractivity (Wildman–Crippen MR) is 57.6 cm³/mol. The van der Waals surface area contributed by atoms with Gasteiger partial charge >= 0.3 is 0 Å². The van der Waals surface area contributed by atoms with Gasteiger partial charge in [-0.3, -0.25) is 4.79 Å². The number of hydrogen-bond acceptors (Lipinski definition) is 3. The first-order chi connectivity index (χ1) is 7.67. The smallest absolute Gasteiger partial charge is 0.270 e. The van der Waals surface area contributed by atoms with Crippen molar-refractivity contribution >= 4 is 11.0 Å². The molecule has 2 aromatic rings. The van der Waals surface area contributed by atoms with E-state index in [9.17, 15) is 9.18 Å². The third-order valence-electron chi connectivity index (χ3n) is 2.46. The molecule has 0 saturated carbocycles. The van der Waals surface area contributed by atoms with E-state index in [2.05, 4.69) is 9.97 Å². The van der Waals surface area contributed by atoms with Gasteiger partial charge in [0.2, 0.25) is 0 Å². The van der Waals surface area contributed by atoms with Crippen molar-refractivity contribution in [1.29, 1.82) is 0 Å². The van der Waals surface area contributed by atoms with Crippen LogP contribution in [0.1, 0.15) is 18.2 Å². The molecule has 0 radical (unpaired) electrons. The third-order valence-corrected chi connectivity index (χ3v) is 2.46. The average molecular weight is 222 g/mol. The minimum Gasteiger partial charge on any atom is -0.392 e. The first-order valence-corrected chi connectivity index (χ1v) is 4.98. The van der Waals surface area contributed by atoms with E-state index in [0.717, 1.165) is 0 Å². The molecule has 2 rings (SSSR count). The fraction of sp³-hybridized carbons (Fsp3) is 0.273. The molecule has 2 N–H and O–H groups in total. The molecule has 0 atom stereocenters. The van der Waals surface area contributed by atoms with Crippen LogP contribution in [0.25, 0.3) is 11.0 Å². The molecule has 1 aromatic carbocycles. The number of benzene rings is 1. The van der Waals surface area contributed by atoms with E-state index in [1.54, 1.807) is 6.92 Å². The van der Waals surface area contributed by atoms with E-state index >= 15 is 0 Å². The third kappa shape index (κ3) is 1.59. The first-order valence-electron chi connectivity index (χ1n) is 4.98. The zero-order valence-electron chi connectivity index (χ0n) is 8.75. The van der Waals surface area contributed by atoms with Gasteiger partial charge in [0.05, 0.1) is 12.1 Å². The second kappa shape index (κ2) is 4.02. The molecule has 0 aliphatic carbocycles. The van der Waals surface area contributed by atoms with Crippen molar-refractivity contribution in [3.05, 3.63) is 39.6 Å². The summed E-state index contributed by atoms with van der Waals surface area (Å²) in [5.74, 6) is -0.542. The zero-order chi connectivity index (χ0) is 11.7. The lowest BCUT2D eigenvalue weighted by Crippen LogP contribution is -2.15. The molecule has 0 aliphatic heterocycles. The monoisotopic (exact) mass is 222 g/mol. The van der Waals surface area contributed by atoms with Crippen molar-refractivity contribution in [2.24, 2.45) is 0 Å². The zero-order valence-corrected chi connectivity index (χ0v) is 8.75. The number of hydrogen-bond donors (Lipinski definition) is 2. The lowest BCUT2D eigenvalue weighted by atomic mass is 10.1. The number of H-pyrrole nitrogens is 1. The fourth-order valence-electron chi connectivity index (χ4n) is 1.59. The van der Waals surface area contributed by atoms with Crippen molar-refractivity contribution in [3.63, 3.8) is 0 Å². The molecule has 0 bridgehead atoms. The van der Waals surface area contributed by atoms with Gasteiger partial charge in [0.25, 0.3) is 5.56 Å². The van der Waals surface area contributed by atoms with E-state index in [4.69, 9.17) is 5.11 Å². The predicted octanol–water partition coefficient (Wildman–Crippen LogP) is 1.12. The minimum atomic E-state index is -0.542. The topological polar surface area (TPSA) is 66.0 Å². The van der Waals surface area contributed by atoms with Gasteiger partial charge in [-0.25, -0.2) is 9.37 Å². The quantitative estimate of drug-likeness (QED) is 0.800. The maximum atomic E-state index is 13.4. The Kier molecular flexibility index (Phi) is 2.70. The summed E-state index contributed by atoms with van der Waals surface area (Å²) >= 11 is 0. The van der Waals surface area contributed by atoms with Crippen LogP contribution in [-0.4, -0.2) is 15.1 Å². The second-order valence-corrected chi connectivity index (χ2v) is 3.45. The van der Waals surface area contributed by atoms with Gasteiger partial charge in [0.1, 0.15) is 17.0 Å². The molecule has 5 heteroatoms. The van der Waals surface area contributed by atoms with Crippen molar-refractivity contribution in [3.8, 4) is 0 Å². The summed E-state index contributed by atoms with van der Waals surface area (Å²) < 4.78 is 13.4. The van der Waals surface area contributed by atoms with Gasteiger partial charge in [0.15, 0.2) is 0 Å². The van der Waals surface area contributed by atoms with Gasteiger partial charge in [-0.2, -0.15) is 0 Å². The van der Waals surface area contributed by atoms with Crippen LogP contribution < -0.4 is 5.56 Å². The normalized spacial score (nSPS) is 10.9. The lowest BCUT2D eigenvalue weighted by Gasteiger charge is -2.05. The number of fused-ring (bicyclic) bond motifs is 1. The molecule has 16 heavy (non-hydrogen) atoms. The molecular formula is C11H11FN2O2. The SMILES string of the molecule is CCc1nc2c(CO)ccc(F)c2[nH]c1=O. The van der Waals surface area contributed by atoms with E-state index in [0.29, 0.717) is 23.2 Å². The van der Waals surface area contributed by atoms with Crippen LogP contribution in [-0.2, 0) is 13.0 Å². The van der Waals surface area contributed by atoms with Crippen LogP contribution in [0.2, 0.25) is 0 Å². The Hall–Kier alpha value is -1.75. The van der Waals surface area contributed by atoms with Gasteiger partial charge in [-0.1, -0.05) is 13.0 Å². The number of rotatable bonds is 2. The standard InChI is InChI=1S/C11H11FN2O2/c1-2-8-11(16)14-10-7(12)4-3-6(5-15)9(10)13-8/h3-4,15H,2,5H2,1H3,(H,14,16). The fourth-order valence-corrected chi connectivity index (χ4v) is 1.59. The largest absolute Gasteiger partial charge is 0.392 e. The minimum absolute atomic E-state index is 0.0498. The molecule has 0 spiro atoms. The van der Waals surface area contributed by atoms with Crippen LogP contribution in [0.5, 0.6) is 0 Å². The summed E-state index contributed by atoms with van der Waals surface area (Å²) in [4.78, 5) is 18.0. The summed E-state index contributed by atoms with van der Waals surface area (Å²) in [6.07, 6.45) is 0.465. The number of aryl methyl sites for hydroxylation is 1. The molecule has 4 nitrogen and oxygen atoms in total. The van der Waals surface area contributed by atoms with E-state index < -0.39 is 5.82 Å². The van der Waals surface area contributed by atoms with Gasteiger partial charge in [-0.05, 0) is 12.5 Å². The second-order valence-electron chi connectivity index (χ2n) is 3.45. The van der Waals surface area contributed by atoms with E-state index in [-0.39, 0.29) is 17.7 Å².